The average Bonchev–Trinajstić information content (AvgIpc) is 2.78. The lowest BCUT2D eigenvalue weighted by Gasteiger charge is -2.38. The van der Waals surface area contributed by atoms with E-state index in [0.29, 0.717) is 11.4 Å². The zero-order valence-electron chi connectivity index (χ0n) is 44.7. The quantitative estimate of drug-likeness (QED) is 0.0811. The summed E-state index contributed by atoms with van der Waals surface area (Å²) in [5, 5.41) is 34.0. The van der Waals surface area contributed by atoms with Crippen LogP contribution < -0.4 is 25.9 Å². The van der Waals surface area contributed by atoms with Gasteiger partial charge in [0.05, 0.1) is 34.5 Å². The zero-order valence-corrected chi connectivity index (χ0v) is 44.7. The summed E-state index contributed by atoms with van der Waals surface area (Å²) in [4.78, 5) is 0. The first-order valence-electron chi connectivity index (χ1n) is 28.4. The molecule has 1 aromatic heterocycles. The molecule has 0 spiro atoms. The molecule has 12 aromatic rings. The third-order valence-electron chi connectivity index (χ3n) is 17.4. The van der Waals surface area contributed by atoms with Crippen molar-refractivity contribution in [2.75, 3.05) is 0 Å². The maximum Gasteiger partial charge on any atom is 0.153 e. The summed E-state index contributed by atoms with van der Waals surface area (Å²) >= 11 is 0. The molecule has 7 nitrogen and oxygen atoms in total. The van der Waals surface area contributed by atoms with E-state index in [9.17, 15) is 0 Å². The van der Waals surface area contributed by atoms with Gasteiger partial charge in [-0.2, -0.15) is 0 Å². The summed E-state index contributed by atoms with van der Waals surface area (Å²) in [6.07, 6.45) is 1.90. The fourth-order valence-corrected chi connectivity index (χ4v) is 13.3. The first-order chi connectivity index (χ1) is 40.0. The summed E-state index contributed by atoms with van der Waals surface area (Å²) in [5.41, 5.74) is 19.3. The zero-order chi connectivity index (χ0) is 53.9. The van der Waals surface area contributed by atoms with E-state index in [4.69, 9.17) is 0 Å². The van der Waals surface area contributed by atoms with Gasteiger partial charge in [0, 0.05) is 64.9 Å². The average molecular weight is 1050 g/mol. The summed E-state index contributed by atoms with van der Waals surface area (Å²) in [5.74, 6) is 0. The Bertz CT molecular complexity index is 4100. The summed E-state index contributed by atoms with van der Waals surface area (Å²) < 4.78 is 1.68. The van der Waals surface area contributed by atoms with Crippen LogP contribution in [0.5, 0.6) is 0 Å². The molecule has 0 aliphatic carbocycles. The Morgan fingerprint density at radius 3 is 1.22 bits per heavy atom. The van der Waals surface area contributed by atoms with Crippen molar-refractivity contribution in [3.05, 3.63) is 318 Å². The molecule has 2 fully saturated rings. The maximum absolute atomic E-state index is 16.2. The predicted molar refractivity (Wildman–Crippen MR) is 332 cm³/mol. The van der Waals surface area contributed by atoms with Gasteiger partial charge in [-0.1, -0.05) is 212 Å². The minimum atomic E-state index is -0.684. The predicted octanol–water partition coefficient (Wildman–Crippen LogP) is 17.7. The highest BCUT2D eigenvalue weighted by atomic mass is 16.5. The molecule has 81 heavy (non-hydrogen) atoms. The van der Waals surface area contributed by atoms with Gasteiger partial charge in [0.15, 0.2) is 11.4 Å². The topological polar surface area (TPSA) is 76.1 Å². The van der Waals surface area contributed by atoms with E-state index in [-0.39, 0.29) is 36.5 Å². The Hall–Kier alpha value is -9.02. The van der Waals surface area contributed by atoms with Crippen molar-refractivity contribution in [2.24, 2.45) is 0 Å². The number of para-hydroxylation sites is 2. The van der Waals surface area contributed by atoms with Crippen molar-refractivity contribution in [3.63, 3.8) is 0 Å². The van der Waals surface area contributed by atoms with Crippen molar-refractivity contribution in [3.8, 4) is 39.1 Å². The highest BCUT2D eigenvalue weighted by molar-refractivity contribution is 6.19. The van der Waals surface area contributed by atoms with Crippen molar-refractivity contribution in [1.29, 1.82) is 0 Å². The molecular weight excluding hydrogens is 989 g/mol. The molecule has 11 aromatic carbocycles. The van der Waals surface area contributed by atoms with Crippen LogP contribution in [0, 0.1) is 5.21 Å². The van der Waals surface area contributed by atoms with Crippen LogP contribution in [-0.4, -0.2) is 4.57 Å². The molecule has 7 unspecified atom stereocenters. The molecule has 0 radical (unpaired) electrons. The van der Waals surface area contributed by atoms with Gasteiger partial charge in [-0.25, -0.2) is 0 Å². The molecule has 4 heterocycles. The normalized spacial score (nSPS) is 21.4. The van der Waals surface area contributed by atoms with E-state index in [1.165, 1.54) is 33.4 Å². The smallest absolute Gasteiger partial charge is 0.153 e. The van der Waals surface area contributed by atoms with Crippen molar-refractivity contribution in [2.45, 2.75) is 49.3 Å². The van der Waals surface area contributed by atoms with Crippen LogP contribution in [0.1, 0.15) is 82.7 Å². The van der Waals surface area contributed by atoms with Crippen molar-refractivity contribution >= 4 is 38.9 Å². The first-order valence-corrected chi connectivity index (χ1v) is 28.4. The van der Waals surface area contributed by atoms with E-state index in [1.54, 1.807) is 0 Å². The summed E-state index contributed by atoms with van der Waals surface area (Å²) in [6.45, 7) is 0. The van der Waals surface area contributed by atoms with Gasteiger partial charge in [0.1, 0.15) is 5.69 Å². The van der Waals surface area contributed by atoms with Gasteiger partial charge >= 0.3 is 0 Å². The molecule has 3 aliphatic heterocycles. The fourth-order valence-electron chi connectivity index (χ4n) is 13.3. The van der Waals surface area contributed by atoms with E-state index in [0.717, 1.165) is 79.4 Å². The molecule has 0 bridgehead atoms. The number of hydrogen-bond acceptors (Lipinski definition) is 5. The largest absolute Gasteiger partial charge is 0.616 e. The van der Waals surface area contributed by atoms with E-state index >= 15 is 5.21 Å². The molecular formula is C74H60N6O. The van der Waals surface area contributed by atoms with Crippen LogP contribution in [-0.2, 0) is 0 Å². The number of hydrogen-bond donors (Lipinski definition) is 4. The number of quaternary nitrogens is 1. The number of benzene rings is 11. The standard InChI is InChI=1S/C74H60N6O/c81-80(60-43-39-52(40-44-60)50-31-35-56(36-32-50)67-48-65(54-19-7-2-8-20-54)76-74(78-67)58-23-11-4-12-24-58)69-28-16-14-26-63(69)71-70(80)46-45-62-61-25-13-15-27-68(61)79(72(62)71)59-41-37-51(38-42-59)49-29-33-55(34-30-49)66-47-64(53-17-5-1-6-18-53)75-73(77-66)57-21-9-3-10-22-57/h1-46,64-67,73-78H,47-48H2. The Morgan fingerprint density at radius 1 is 0.333 bits per heavy atom. The second-order valence-electron chi connectivity index (χ2n) is 22.0. The van der Waals surface area contributed by atoms with Gasteiger partial charge in [-0.05, 0) is 111 Å². The SMILES string of the molecule is [O-][N+]1(c2ccc(-c3ccc(C4CC(c5ccccc5)NC(c5ccccc5)N4)cc3)cc2)c2ccccc2-c2c1ccc1c3ccccc3n(-c3ccc(-c4ccc(C5CC(c6ccccc6)NC(c6ccccc6)N5)cc4)cc3)c21. The van der Waals surface area contributed by atoms with Crippen LogP contribution in [0.25, 0.3) is 60.9 Å². The molecule has 2 saturated heterocycles. The molecule has 0 saturated carbocycles. The molecule has 15 rings (SSSR count). The Balaban J connectivity index is 0.728. The summed E-state index contributed by atoms with van der Waals surface area (Å²) in [6, 6.07) is 100.0. The number of nitrogens with one attached hydrogen (secondary N) is 4. The minimum Gasteiger partial charge on any atom is -0.616 e. The highest BCUT2D eigenvalue weighted by Gasteiger charge is 2.42. The van der Waals surface area contributed by atoms with Crippen molar-refractivity contribution < 1.29 is 0 Å². The third kappa shape index (κ3) is 8.79. The number of aromatic nitrogens is 1. The lowest BCUT2D eigenvalue weighted by atomic mass is 9.90. The minimum absolute atomic E-state index is 0.0135. The lowest BCUT2D eigenvalue weighted by Crippen LogP contribution is -2.45. The Morgan fingerprint density at radius 2 is 0.728 bits per heavy atom. The molecule has 7 heteroatoms. The fraction of sp³-hybridized carbons (Fsp3) is 0.108. The van der Waals surface area contributed by atoms with E-state index in [1.807, 2.05) is 24.3 Å². The molecule has 3 aliphatic rings. The second-order valence-corrected chi connectivity index (χ2v) is 22.0. The number of rotatable bonds is 10. The molecule has 392 valence electrons. The van der Waals surface area contributed by atoms with Gasteiger partial charge < -0.3 is 9.77 Å². The Labute approximate surface area is 473 Å². The number of nitrogens with zero attached hydrogens (tertiary/aromatic N) is 2. The number of fused-ring (bicyclic) bond motifs is 7. The first kappa shape index (κ1) is 49.1. The van der Waals surface area contributed by atoms with Gasteiger partial charge in [0.2, 0.25) is 0 Å². The highest BCUT2D eigenvalue weighted by Crippen LogP contribution is 2.60. The van der Waals surface area contributed by atoms with Crippen LogP contribution in [0.4, 0.5) is 17.1 Å². The van der Waals surface area contributed by atoms with Gasteiger partial charge in [-0.15, -0.1) is 0 Å². The van der Waals surface area contributed by atoms with Crippen molar-refractivity contribution in [1.82, 2.24) is 30.5 Å². The molecule has 7 atom stereocenters. The van der Waals surface area contributed by atoms with Crippen LogP contribution in [0.15, 0.2) is 279 Å². The van der Waals surface area contributed by atoms with Crippen LogP contribution in [0.3, 0.4) is 0 Å². The lowest BCUT2D eigenvalue weighted by molar-refractivity contribution is 0.247. The van der Waals surface area contributed by atoms with E-state index in [2.05, 4.69) is 281 Å². The second kappa shape index (κ2) is 20.6. The third-order valence-corrected chi connectivity index (χ3v) is 17.4. The van der Waals surface area contributed by atoms with Crippen LogP contribution in [0.2, 0.25) is 0 Å². The van der Waals surface area contributed by atoms with Crippen LogP contribution >= 0.6 is 0 Å². The molecule has 4 N–H and O–H groups in total. The maximum atomic E-state index is 16.2. The Kier molecular flexibility index (Phi) is 12.5. The monoisotopic (exact) mass is 1050 g/mol. The molecule has 0 amide bonds. The van der Waals surface area contributed by atoms with E-state index < -0.39 is 4.65 Å². The van der Waals surface area contributed by atoms with Gasteiger partial charge in [-0.3, -0.25) is 25.9 Å². The summed E-state index contributed by atoms with van der Waals surface area (Å²) in [7, 11) is 0. The van der Waals surface area contributed by atoms with Gasteiger partial charge in [0.25, 0.3) is 0 Å².